The first-order chi connectivity index (χ1) is 12.6. The number of nitrogens with two attached hydrogens (primary N) is 1. The molecule has 2 rings (SSSR count). The number of guanidine groups is 1. The zero-order valence-corrected chi connectivity index (χ0v) is 18.0. The molecule has 0 aromatic heterocycles. The third kappa shape index (κ3) is 7.96. The number of carbonyl (C=O) groups is 1. The molecule has 6 nitrogen and oxygen atoms in total. The number of nitrogens with one attached hydrogen (secondary N) is 2. The Kier molecular flexibility index (Phi) is 10.4. The molecule has 0 unspecified atom stereocenters. The lowest BCUT2D eigenvalue weighted by atomic mass is 10.2. The van der Waals surface area contributed by atoms with Gasteiger partial charge in [0.25, 0.3) is 0 Å². The maximum atomic E-state index is 11.6. The summed E-state index contributed by atoms with van der Waals surface area (Å²) in [7, 11) is 1.66. The first-order valence-electron chi connectivity index (χ1n) is 8.65. The molecule has 1 amide bonds. The van der Waals surface area contributed by atoms with Gasteiger partial charge in [0.1, 0.15) is 0 Å². The zero-order valence-electron chi connectivity index (χ0n) is 15.7. The van der Waals surface area contributed by atoms with E-state index in [2.05, 4.69) is 15.6 Å². The van der Waals surface area contributed by atoms with E-state index in [9.17, 15) is 4.79 Å². The molecule has 0 spiro atoms. The molecule has 0 saturated carbocycles. The molecule has 0 saturated heterocycles. The molecule has 2 aromatic carbocycles. The van der Waals surface area contributed by atoms with Crippen molar-refractivity contribution in [3.8, 4) is 0 Å². The van der Waals surface area contributed by atoms with Gasteiger partial charge >= 0.3 is 0 Å². The van der Waals surface area contributed by atoms with Gasteiger partial charge < -0.3 is 21.1 Å². The van der Waals surface area contributed by atoms with Crippen LogP contribution in [0.3, 0.4) is 0 Å². The van der Waals surface area contributed by atoms with Crippen molar-refractivity contribution in [2.75, 3.05) is 17.7 Å². The number of aliphatic imine (C=N–C) groups is 1. The molecule has 0 aliphatic rings. The second kappa shape index (κ2) is 12.3. The molecule has 0 bridgehead atoms. The van der Waals surface area contributed by atoms with Crippen LogP contribution in [0.5, 0.6) is 0 Å². The van der Waals surface area contributed by atoms with Gasteiger partial charge in [0, 0.05) is 30.5 Å². The Labute approximate surface area is 177 Å². The first kappa shape index (κ1) is 22.9. The van der Waals surface area contributed by atoms with Crippen LogP contribution in [0.15, 0.2) is 53.5 Å². The standard InChI is InChI=1S/C20H26N4O2.HI/c1-3-6-19(25)23-17-11-9-15(10-12-17)13-22-20(21)24-18-8-5-4-7-16(18)14-26-2;/h4-5,7-12H,3,6,13-14H2,1-2H3,(H,23,25)(H3,21,22,24);1H. The highest BCUT2D eigenvalue weighted by Gasteiger charge is 2.03. The van der Waals surface area contributed by atoms with Crippen LogP contribution in [0.25, 0.3) is 0 Å². The van der Waals surface area contributed by atoms with E-state index in [1.807, 2.05) is 55.5 Å². The van der Waals surface area contributed by atoms with E-state index >= 15 is 0 Å². The van der Waals surface area contributed by atoms with Gasteiger partial charge in [0.05, 0.1) is 13.2 Å². The van der Waals surface area contributed by atoms with Crippen molar-refractivity contribution in [1.29, 1.82) is 0 Å². The number of rotatable bonds is 8. The third-order valence-electron chi connectivity index (χ3n) is 3.73. The average molecular weight is 482 g/mol. The number of amides is 1. The van der Waals surface area contributed by atoms with Crippen molar-refractivity contribution in [3.63, 3.8) is 0 Å². The number of halogens is 1. The van der Waals surface area contributed by atoms with Gasteiger partial charge in [-0.25, -0.2) is 4.99 Å². The topological polar surface area (TPSA) is 88.7 Å². The Bertz CT molecular complexity index is 748. The van der Waals surface area contributed by atoms with E-state index < -0.39 is 0 Å². The molecule has 0 radical (unpaired) electrons. The molecule has 2 aromatic rings. The van der Waals surface area contributed by atoms with Crippen molar-refractivity contribution in [1.82, 2.24) is 0 Å². The summed E-state index contributed by atoms with van der Waals surface area (Å²) in [5.74, 6) is 0.371. The third-order valence-corrected chi connectivity index (χ3v) is 3.73. The largest absolute Gasteiger partial charge is 0.380 e. The van der Waals surface area contributed by atoms with Crippen molar-refractivity contribution >= 4 is 47.2 Å². The second-order valence-electron chi connectivity index (χ2n) is 5.91. The predicted octanol–water partition coefficient (Wildman–Crippen LogP) is 4.12. The average Bonchev–Trinajstić information content (AvgIpc) is 2.63. The lowest BCUT2D eigenvalue weighted by Gasteiger charge is -2.11. The quantitative estimate of drug-likeness (QED) is 0.300. The van der Waals surface area contributed by atoms with Crippen LogP contribution in [0.2, 0.25) is 0 Å². The number of ether oxygens (including phenoxy) is 1. The molecule has 0 fully saturated rings. The number of hydrogen-bond acceptors (Lipinski definition) is 3. The Morgan fingerprint density at radius 2 is 1.81 bits per heavy atom. The number of methoxy groups -OCH3 is 1. The van der Waals surface area contributed by atoms with Gasteiger partial charge in [-0.15, -0.1) is 24.0 Å². The minimum atomic E-state index is 0. The fraction of sp³-hybridized carbons (Fsp3) is 0.300. The van der Waals surface area contributed by atoms with E-state index in [-0.39, 0.29) is 29.9 Å². The first-order valence-corrected chi connectivity index (χ1v) is 8.65. The number of carbonyl (C=O) groups excluding carboxylic acids is 1. The molecule has 0 atom stereocenters. The lowest BCUT2D eigenvalue weighted by molar-refractivity contribution is -0.116. The van der Waals surface area contributed by atoms with E-state index in [1.54, 1.807) is 7.11 Å². The molecule has 4 N–H and O–H groups in total. The van der Waals surface area contributed by atoms with Crippen LogP contribution in [-0.2, 0) is 22.7 Å². The zero-order chi connectivity index (χ0) is 18.8. The molecule has 146 valence electrons. The maximum Gasteiger partial charge on any atom is 0.224 e. The van der Waals surface area contributed by atoms with Crippen molar-refractivity contribution in [3.05, 3.63) is 59.7 Å². The summed E-state index contributed by atoms with van der Waals surface area (Å²) in [5, 5.41) is 5.97. The Morgan fingerprint density at radius 1 is 1.11 bits per heavy atom. The Balaban J connectivity index is 0.00000364. The summed E-state index contributed by atoms with van der Waals surface area (Å²) in [6, 6.07) is 15.4. The van der Waals surface area contributed by atoms with E-state index in [0.29, 0.717) is 25.5 Å². The number of nitrogens with zero attached hydrogens (tertiary/aromatic N) is 1. The second-order valence-corrected chi connectivity index (χ2v) is 5.91. The van der Waals surface area contributed by atoms with Crippen molar-refractivity contribution in [2.24, 2.45) is 10.7 Å². The van der Waals surface area contributed by atoms with E-state index in [4.69, 9.17) is 10.5 Å². The summed E-state index contributed by atoms with van der Waals surface area (Å²) in [5.41, 5.74) is 9.68. The number of benzene rings is 2. The van der Waals surface area contributed by atoms with Crippen LogP contribution < -0.4 is 16.4 Å². The van der Waals surface area contributed by atoms with Gasteiger partial charge in [-0.05, 0) is 30.2 Å². The van der Waals surface area contributed by atoms with Crippen LogP contribution in [0, 0.1) is 0 Å². The summed E-state index contributed by atoms with van der Waals surface area (Å²) in [6.07, 6.45) is 1.36. The van der Waals surface area contributed by atoms with Gasteiger partial charge in [-0.3, -0.25) is 4.79 Å². The smallest absolute Gasteiger partial charge is 0.224 e. The number of hydrogen-bond donors (Lipinski definition) is 3. The van der Waals surface area contributed by atoms with Gasteiger partial charge in [-0.1, -0.05) is 37.3 Å². The Hall–Kier alpha value is -2.13. The molecular formula is C20H27IN4O2. The number of para-hydroxylation sites is 1. The monoisotopic (exact) mass is 482 g/mol. The van der Waals surface area contributed by atoms with Crippen molar-refractivity contribution < 1.29 is 9.53 Å². The SMILES string of the molecule is CCCC(=O)Nc1ccc(CN=C(N)Nc2ccccc2COC)cc1.I. The Morgan fingerprint density at radius 3 is 2.48 bits per heavy atom. The summed E-state index contributed by atoms with van der Waals surface area (Å²) in [6.45, 7) is 2.93. The molecule has 7 heteroatoms. The highest BCUT2D eigenvalue weighted by molar-refractivity contribution is 14.0. The maximum absolute atomic E-state index is 11.6. The van der Waals surface area contributed by atoms with E-state index in [0.717, 1.165) is 28.9 Å². The molecule has 27 heavy (non-hydrogen) atoms. The highest BCUT2D eigenvalue weighted by atomic mass is 127. The van der Waals surface area contributed by atoms with Gasteiger partial charge in [0.2, 0.25) is 5.91 Å². The van der Waals surface area contributed by atoms with Gasteiger partial charge in [-0.2, -0.15) is 0 Å². The molecule has 0 heterocycles. The fourth-order valence-corrected chi connectivity index (χ4v) is 2.42. The minimum absolute atomic E-state index is 0. The minimum Gasteiger partial charge on any atom is -0.380 e. The number of anilines is 2. The normalized spacial score (nSPS) is 10.8. The lowest BCUT2D eigenvalue weighted by Crippen LogP contribution is -2.23. The van der Waals surface area contributed by atoms with Crippen LogP contribution >= 0.6 is 24.0 Å². The summed E-state index contributed by atoms with van der Waals surface area (Å²) >= 11 is 0. The van der Waals surface area contributed by atoms with Crippen molar-refractivity contribution in [2.45, 2.75) is 32.9 Å². The fourth-order valence-electron chi connectivity index (χ4n) is 2.42. The molecule has 0 aliphatic carbocycles. The van der Waals surface area contributed by atoms with Crippen LogP contribution in [0.4, 0.5) is 11.4 Å². The van der Waals surface area contributed by atoms with E-state index in [1.165, 1.54) is 0 Å². The molecule has 0 aliphatic heterocycles. The summed E-state index contributed by atoms with van der Waals surface area (Å²) < 4.78 is 5.18. The summed E-state index contributed by atoms with van der Waals surface area (Å²) in [4.78, 5) is 16.0. The molecular weight excluding hydrogens is 455 g/mol. The van der Waals surface area contributed by atoms with Crippen LogP contribution in [-0.4, -0.2) is 19.0 Å². The predicted molar refractivity (Wildman–Crippen MR) is 121 cm³/mol. The van der Waals surface area contributed by atoms with Crippen LogP contribution in [0.1, 0.15) is 30.9 Å². The highest BCUT2D eigenvalue weighted by Crippen LogP contribution is 2.16. The van der Waals surface area contributed by atoms with Gasteiger partial charge in [0.15, 0.2) is 5.96 Å².